The average molecular weight is 412 g/mol. The van der Waals surface area contributed by atoms with Crippen molar-refractivity contribution in [1.29, 1.82) is 0 Å². The molecule has 7 heteroatoms. The zero-order valence-corrected chi connectivity index (χ0v) is 16.8. The van der Waals surface area contributed by atoms with Crippen LogP contribution in [-0.2, 0) is 4.79 Å². The first-order valence-electron chi connectivity index (χ1n) is 10.0. The number of carbonyl (C=O) groups is 1. The van der Waals surface area contributed by atoms with Crippen LogP contribution in [0.15, 0.2) is 51.8 Å². The Kier molecular flexibility index (Phi) is 4.91. The van der Waals surface area contributed by atoms with E-state index in [-0.39, 0.29) is 23.7 Å². The number of hydrogen-bond donors (Lipinski definition) is 1. The average Bonchev–Trinajstić information content (AvgIpc) is 3.18. The molecular weight excluding hydrogens is 389 g/mol. The Morgan fingerprint density at radius 3 is 2.83 bits per heavy atom. The molecule has 0 bridgehead atoms. The Hall–Kier alpha value is -2.54. The summed E-state index contributed by atoms with van der Waals surface area (Å²) in [5.74, 6) is 0.702. The van der Waals surface area contributed by atoms with Gasteiger partial charge >= 0.3 is 0 Å². The molecule has 0 aliphatic carbocycles. The molecule has 3 heterocycles. The van der Waals surface area contributed by atoms with Crippen LogP contribution in [0.5, 0.6) is 0 Å². The molecule has 0 radical (unpaired) electrons. The monoisotopic (exact) mass is 411 g/mol. The number of oxazole rings is 1. The van der Waals surface area contributed by atoms with E-state index < -0.39 is 0 Å². The van der Waals surface area contributed by atoms with Crippen molar-refractivity contribution in [3.63, 3.8) is 0 Å². The van der Waals surface area contributed by atoms with Gasteiger partial charge < -0.3 is 14.6 Å². The van der Waals surface area contributed by atoms with Gasteiger partial charge in [0.2, 0.25) is 5.91 Å². The molecule has 0 saturated carbocycles. The summed E-state index contributed by atoms with van der Waals surface area (Å²) in [5.41, 5.74) is 2.53. The number of nitrogens with zero attached hydrogens (tertiary/aromatic N) is 2. The van der Waals surface area contributed by atoms with E-state index in [1.807, 2.05) is 30.3 Å². The molecule has 2 aromatic carbocycles. The highest BCUT2D eigenvalue weighted by atomic mass is 32.2. The molecule has 1 amide bonds. The first-order valence-corrected chi connectivity index (χ1v) is 11.0. The van der Waals surface area contributed by atoms with Gasteiger partial charge in [-0.25, -0.2) is 4.39 Å². The predicted octanol–water partition coefficient (Wildman–Crippen LogP) is 4.54. The van der Waals surface area contributed by atoms with Crippen molar-refractivity contribution < 1.29 is 13.6 Å². The van der Waals surface area contributed by atoms with Gasteiger partial charge in [-0.15, -0.1) is 11.8 Å². The molecule has 2 aliphatic rings. The quantitative estimate of drug-likeness (QED) is 0.686. The lowest BCUT2D eigenvalue weighted by Gasteiger charge is -2.32. The van der Waals surface area contributed by atoms with Crippen LogP contribution in [0.2, 0.25) is 0 Å². The number of carbonyl (C=O) groups excluding carboxylic acids is 1. The Balaban J connectivity index is 1.22. The number of piperidine rings is 1. The van der Waals surface area contributed by atoms with Crippen molar-refractivity contribution in [2.24, 2.45) is 5.92 Å². The largest absolute Gasteiger partial charge is 0.423 e. The Bertz CT molecular complexity index is 1010. The van der Waals surface area contributed by atoms with Gasteiger partial charge in [0.1, 0.15) is 11.3 Å². The van der Waals surface area contributed by atoms with E-state index in [0.717, 1.165) is 59.7 Å². The number of amides is 1. The van der Waals surface area contributed by atoms with Crippen LogP contribution in [0.25, 0.3) is 11.1 Å². The smallest absolute Gasteiger partial charge is 0.298 e. The molecule has 1 fully saturated rings. The van der Waals surface area contributed by atoms with E-state index in [0.29, 0.717) is 6.01 Å². The topological polar surface area (TPSA) is 58.4 Å². The number of fused-ring (bicyclic) bond motifs is 2. The highest BCUT2D eigenvalue weighted by Gasteiger charge is 2.30. The summed E-state index contributed by atoms with van der Waals surface area (Å²) in [6.45, 7) is 1.47. The van der Waals surface area contributed by atoms with Gasteiger partial charge in [-0.05, 0) is 55.2 Å². The lowest BCUT2D eigenvalue weighted by molar-refractivity contribution is -0.126. The fourth-order valence-corrected chi connectivity index (χ4v) is 5.24. The first kappa shape index (κ1) is 18.5. The van der Waals surface area contributed by atoms with Crippen molar-refractivity contribution in [2.45, 2.75) is 30.2 Å². The lowest BCUT2D eigenvalue weighted by atomic mass is 9.94. The SMILES string of the molecule is O=C(NC1CCSc2ccc(F)cc21)C1CCN(c2nc3ccccc3o2)CC1. The highest BCUT2D eigenvalue weighted by molar-refractivity contribution is 7.99. The maximum atomic E-state index is 13.7. The van der Waals surface area contributed by atoms with Crippen LogP contribution in [0.3, 0.4) is 0 Å². The minimum atomic E-state index is -0.253. The van der Waals surface area contributed by atoms with Crippen LogP contribution in [0.4, 0.5) is 10.4 Å². The Morgan fingerprint density at radius 1 is 1.17 bits per heavy atom. The molecule has 1 N–H and O–H groups in total. The summed E-state index contributed by atoms with van der Waals surface area (Å²) in [5, 5.41) is 3.17. The van der Waals surface area contributed by atoms with Crippen molar-refractivity contribution in [1.82, 2.24) is 10.3 Å². The number of anilines is 1. The fraction of sp³-hybridized carbons (Fsp3) is 0.364. The second-order valence-electron chi connectivity index (χ2n) is 7.61. The Morgan fingerprint density at radius 2 is 2.00 bits per heavy atom. The van der Waals surface area contributed by atoms with Crippen LogP contribution >= 0.6 is 11.8 Å². The molecule has 1 unspecified atom stereocenters. The molecule has 3 aromatic rings. The van der Waals surface area contributed by atoms with E-state index in [1.54, 1.807) is 17.8 Å². The molecule has 1 aromatic heterocycles. The number of nitrogens with one attached hydrogen (secondary N) is 1. The van der Waals surface area contributed by atoms with Crippen LogP contribution < -0.4 is 10.2 Å². The van der Waals surface area contributed by atoms with Gasteiger partial charge in [0.25, 0.3) is 6.01 Å². The standard InChI is InChI=1S/C22H22FN3O2S/c23-15-5-6-20-16(13-15)17(9-12-29-20)24-21(27)14-7-10-26(11-8-14)22-25-18-3-1-2-4-19(18)28-22/h1-6,13-14,17H,7-12H2,(H,24,27). The minimum Gasteiger partial charge on any atom is -0.423 e. The van der Waals surface area contributed by atoms with Gasteiger partial charge in [0.15, 0.2) is 5.58 Å². The molecule has 150 valence electrons. The summed E-state index contributed by atoms with van der Waals surface area (Å²) < 4.78 is 19.6. The molecule has 0 spiro atoms. The van der Waals surface area contributed by atoms with Crippen LogP contribution in [0.1, 0.15) is 30.9 Å². The first-order chi connectivity index (χ1) is 14.2. The molecule has 5 rings (SSSR count). The third kappa shape index (κ3) is 3.71. The molecule has 1 saturated heterocycles. The van der Waals surface area contributed by atoms with E-state index in [2.05, 4.69) is 15.2 Å². The second-order valence-corrected chi connectivity index (χ2v) is 8.74. The summed E-state index contributed by atoms with van der Waals surface area (Å²) in [6.07, 6.45) is 2.33. The summed E-state index contributed by atoms with van der Waals surface area (Å²) in [6, 6.07) is 13.1. The van der Waals surface area contributed by atoms with E-state index >= 15 is 0 Å². The minimum absolute atomic E-state index is 0.0396. The van der Waals surface area contributed by atoms with Gasteiger partial charge in [-0.1, -0.05) is 12.1 Å². The highest BCUT2D eigenvalue weighted by Crippen LogP contribution is 2.37. The van der Waals surface area contributed by atoms with Gasteiger partial charge in [0.05, 0.1) is 6.04 Å². The zero-order chi connectivity index (χ0) is 19.8. The zero-order valence-electron chi connectivity index (χ0n) is 15.9. The Labute approximate surface area is 172 Å². The molecule has 5 nitrogen and oxygen atoms in total. The maximum absolute atomic E-state index is 13.7. The fourth-order valence-electron chi connectivity index (χ4n) is 4.13. The van der Waals surface area contributed by atoms with Crippen molar-refractivity contribution in [3.8, 4) is 0 Å². The number of para-hydroxylation sites is 2. The number of benzene rings is 2. The van der Waals surface area contributed by atoms with E-state index in [1.165, 1.54) is 6.07 Å². The van der Waals surface area contributed by atoms with E-state index in [9.17, 15) is 9.18 Å². The second kappa shape index (κ2) is 7.71. The number of halogens is 1. The van der Waals surface area contributed by atoms with E-state index in [4.69, 9.17) is 4.42 Å². The summed E-state index contributed by atoms with van der Waals surface area (Å²) in [7, 11) is 0. The normalized spacial score (nSPS) is 19.9. The third-order valence-corrected chi connectivity index (χ3v) is 6.87. The molecule has 2 aliphatic heterocycles. The van der Waals surface area contributed by atoms with Crippen LogP contribution in [0, 0.1) is 11.7 Å². The molecular formula is C22H22FN3O2S. The molecule has 1 atom stereocenters. The van der Waals surface area contributed by atoms with Crippen LogP contribution in [-0.4, -0.2) is 29.7 Å². The third-order valence-electron chi connectivity index (χ3n) is 5.75. The maximum Gasteiger partial charge on any atom is 0.298 e. The lowest BCUT2D eigenvalue weighted by Crippen LogP contribution is -2.42. The van der Waals surface area contributed by atoms with Crippen molar-refractivity contribution >= 4 is 34.8 Å². The number of aromatic nitrogens is 1. The van der Waals surface area contributed by atoms with Gasteiger partial charge in [0, 0.05) is 29.7 Å². The van der Waals surface area contributed by atoms with Crippen molar-refractivity contribution in [3.05, 3.63) is 53.8 Å². The summed E-state index contributed by atoms with van der Waals surface area (Å²) >= 11 is 1.72. The van der Waals surface area contributed by atoms with Gasteiger partial charge in [-0.3, -0.25) is 4.79 Å². The number of hydrogen-bond acceptors (Lipinski definition) is 5. The van der Waals surface area contributed by atoms with Gasteiger partial charge in [-0.2, -0.15) is 4.98 Å². The number of rotatable bonds is 3. The predicted molar refractivity (Wildman–Crippen MR) is 112 cm³/mol. The number of thioether (sulfide) groups is 1. The molecule has 29 heavy (non-hydrogen) atoms. The van der Waals surface area contributed by atoms with Crippen molar-refractivity contribution in [2.75, 3.05) is 23.7 Å². The summed E-state index contributed by atoms with van der Waals surface area (Å²) in [4.78, 5) is 20.6.